The molecule has 0 aromatic heterocycles. The Kier molecular flexibility index (Phi) is 4.07. The van der Waals surface area contributed by atoms with E-state index in [0.717, 1.165) is 4.90 Å². The summed E-state index contributed by atoms with van der Waals surface area (Å²) in [5, 5.41) is 2.79. The van der Waals surface area contributed by atoms with Crippen molar-refractivity contribution < 1.29 is 23.9 Å². The highest BCUT2D eigenvalue weighted by Crippen LogP contribution is 2.40. The molecule has 1 unspecified atom stereocenters. The molecular weight excluding hydrogens is 348 g/mol. The molecule has 2 aromatic rings. The number of benzene rings is 2. The van der Waals surface area contributed by atoms with E-state index in [9.17, 15) is 14.4 Å². The fraction of sp³-hybridized carbons (Fsp3) is 0.250. The van der Waals surface area contributed by atoms with Gasteiger partial charge in [-0.2, -0.15) is 0 Å². The van der Waals surface area contributed by atoms with Gasteiger partial charge in [0.15, 0.2) is 11.3 Å². The van der Waals surface area contributed by atoms with E-state index in [2.05, 4.69) is 5.32 Å². The summed E-state index contributed by atoms with van der Waals surface area (Å²) < 4.78 is 10.7. The highest BCUT2D eigenvalue weighted by Gasteiger charge is 2.55. The Balaban J connectivity index is 1.62. The van der Waals surface area contributed by atoms with Gasteiger partial charge >= 0.3 is 6.03 Å². The van der Waals surface area contributed by atoms with Crippen LogP contribution in [-0.2, 0) is 10.3 Å². The highest BCUT2D eigenvalue weighted by molar-refractivity contribution is 6.11. The summed E-state index contributed by atoms with van der Waals surface area (Å²) in [6, 6.07) is 13.2. The van der Waals surface area contributed by atoms with Crippen LogP contribution in [-0.4, -0.2) is 42.9 Å². The number of hydrogen-bond donors (Lipinski definition) is 1. The van der Waals surface area contributed by atoms with Gasteiger partial charge in [-0.3, -0.25) is 14.5 Å². The molecule has 2 aliphatic heterocycles. The summed E-state index contributed by atoms with van der Waals surface area (Å²) in [5.74, 6) is 0.334. The fourth-order valence-electron chi connectivity index (χ4n) is 3.55. The molecule has 0 aliphatic carbocycles. The summed E-state index contributed by atoms with van der Waals surface area (Å²) in [6.07, 6.45) is 0.318. The van der Waals surface area contributed by atoms with E-state index in [-0.39, 0.29) is 12.3 Å². The zero-order chi connectivity index (χ0) is 19.0. The number of fused-ring (bicyclic) bond motifs is 2. The third kappa shape index (κ3) is 2.71. The van der Waals surface area contributed by atoms with Crippen LogP contribution in [0.3, 0.4) is 0 Å². The van der Waals surface area contributed by atoms with Gasteiger partial charge in [-0.25, -0.2) is 4.79 Å². The number of amides is 3. The molecule has 2 aromatic carbocycles. The van der Waals surface area contributed by atoms with Gasteiger partial charge in [0.25, 0.3) is 5.91 Å². The summed E-state index contributed by atoms with van der Waals surface area (Å²) in [6.45, 7) is -0.0245. The maximum absolute atomic E-state index is 13.2. The van der Waals surface area contributed by atoms with Crippen LogP contribution in [0.25, 0.3) is 0 Å². The van der Waals surface area contributed by atoms with Crippen molar-refractivity contribution in [2.24, 2.45) is 0 Å². The van der Waals surface area contributed by atoms with Crippen molar-refractivity contribution in [3.8, 4) is 11.5 Å². The van der Waals surface area contributed by atoms with E-state index in [1.165, 1.54) is 7.11 Å². The Morgan fingerprint density at radius 3 is 2.85 bits per heavy atom. The Bertz CT molecular complexity index is 941. The number of hydrogen-bond acceptors (Lipinski definition) is 5. The standard InChI is InChI=1S/C20H18N2O5/c1-26-14-6-4-5-13(11-14)16(23)12-22-18(24)20(21-19(22)25)9-10-27-17-8-3-2-7-15(17)20/h2-8,11H,9-10,12H2,1H3,(H,21,25). The van der Waals surface area contributed by atoms with E-state index in [1.807, 2.05) is 6.07 Å². The Labute approximate surface area is 155 Å². The van der Waals surface area contributed by atoms with Crippen molar-refractivity contribution in [3.63, 3.8) is 0 Å². The molecule has 3 amide bonds. The number of ketones is 1. The van der Waals surface area contributed by atoms with Crippen LogP contribution >= 0.6 is 0 Å². The molecule has 7 heteroatoms. The average molecular weight is 366 g/mol. The van der Waals surface area contributed by atoms with Crippen LogP contribution < -0.4 is 14.8 Å². The number of para-hydroxylation sites is 1. The zero-order valence-corrected chi connectivity index (χ0v) is 14.7. The molecule has 138 valence electrons. The minimum Gasteiger partial charge on any atom is -0.497 e. The number of ether oxygens (including phenoxy) is 2. The lowest BCUT2D eigenvalue weighted by molar-refractivity contribution is -0.132. The van der Waals surface area contributed by atoms with Crippen LogP contribution in [0, 0.1) is 0 Å². The van der Waals surface area contributed by atoms with Crippen molar-refractivity contribution >= 4 is 17.7 Å². The molecule has 2 heterocycles. The molecule has 4 rings (SSSR count). The first-order valence-electron chi connectivity index (χ1n) is 8.59. The maximum atomic E-state index is 13.2. The van der Waals surface area contributed by atoms with E-state index >= 15 is 0 Å². The third-order valence-electron chi connectivity index (χ3n) is 4.95. The smallest absolute Gasteiger partial charge is 0.325 e. The number of carbonyl (C=O) groups excluding carboxylic acids is 3. The zero-order valence-electron chi connectivity index (χ0n) is 14.7. The molecule has 1 N–H and O–H groups in total. The second-order valence-corrected chi connectivity index (χ2v) is 6.48. The Morgan fingerprint density at radius 2 is 2.04 bits per heavy atom. The lowest BCUT2D eigenvalue weighted by atomic mass is 9.84. The number of carbonyl (C=O) groups is 3. The van der Waals surface area contributed by atoms with Crippen LogP contribution in [0.2, 0.25) is 0 Å². The molecule has 1 spiro atoms. The highest BCUT2D eigenvalue weighted by atomic mass is 16.5. The second kappa shape index (κ2) is 6.42. The van der Waals surface area contributed by atoms with Crippen molar-refractivity contribution in [1.29, 1.82) is 0 Å². The fourth-order valence-corrected chi connectivity index (χ4v) is 3.55. The van der Waals surface area contributed by atoms with Gasteiger partial charge in [0.2, 0.25) is 0 Å². The maximum Gasteiger partial charge on any atom is 0.325 e. The predicted octanol–water partition coefficient (Wildman–Crippen LogP) is 2.11. The lowest BCUT2D eigenvalue weighted by Gasteiger charge is -2.33. The number of imide groups is 1. The minimum absolute atomic E-state index is 0.306. The van der Waals surface area contributed by atoms with Crippen LogP contribution in [0.5, 0.6) is 11.5 Å². The number of nitrogens with one attached hydrogen (secondary N) is 1. The summed E-state index contributed by atoms with van der Waals surface area (Å²) in [4.78, 5) is 39.3. The van der Waals surface area contributed by atoms with Gasteiger partial charge in [0.1, 0.15) is 11.5 Å². The monoisotopic (exact) mass is 366 g/mol. The molecule has 0 radical (unpaired) electrons. The Morgan fingerprint density at radius 1 is 1.22 bits per heavy atom. The molecule has 1 saturated heterocycles. The van der Waals surface area contributed by atoms with Crippen LogP contribution in [0.15, 0.2) is 48.5 Å². The first-order valence-corrected chi connectivity index (χ1v) is 8.59. The van der Waals surface area contributed by atoms with Gasteiger partial charge < -0.3 is 14.8 Å². The average Bonchev–Trinajstić information content (AvgIpc) is 2.93. The van der Waals surface area contributed by atoms with Gasteiger partial charge in [0.05, 0.1) is 20.3 Å². The number of rotatable bonds is 4. The molecule has 0 bridgehead atoms. The normalized spacial score (nSPS) is 20.9. The van der Waals surface area contributed by atoms with E-state index in [0.29, 0.717) is 35.7 Å². The first-order chi connectivity index (χ1) is 13.0. The van der Waals surface area contributed by atoms with Crippen LogP contribution in [0.1, 0.15) is 22.3 Å². The van der Waals surface area contributed by atoms with Crippen molar-refractivity contribution in [1.82, 2.24) is 10.2 Å². The van der Waals surface area contributed by atoms with Gasteiger partial charge in [-0.1, -0.05) is 30.3 Å². The number of methoxy groups -OCH3 is 1. The molecule has 1 fully saturated rings. The van der Waals surface area contributed by atoms with Crippen molar-refractivity contribution in [2.75, 3.05) is 20.3 Å². The van der Waals surface area contributed by atoms with Crippen LogP contribution in [0.4, 0.5) is 4.79 Å². The SMILES string of the molecule is COc1cccc(C(=O)CN2C(=O)NC3(CCOc4ccccc43)C2=O)c1. The summed E-state index contributed by atoms with van der Waals surface area (Å²) in [7, 11) is 1.51. The summed E-state index contributed by atoms with van der Waals surface area (Å²) >= 11 is 0. The van der Waals surface area contributed by atoms with Crippen molar-refractivity contribution in [2.45, 2.75) is 12.0 Å². The molecule has 0 saturated carbocycles. The largest absolute Gasteiger partial charge is 0.497 e. The van der Waals surface area contributed by atoms with E-state index in [4.69, 9.17) is 9.47 Å². The quantitative estimate of drug-likeness (QED) is 0.662. The predicted molar refractivity (Wildman–Crippen MR) is 95.8 cm³/mol. The molecule has 1 atom stereocenters. The number of urea groups is 1. The lowest BCUT2D eigenvalue weighted by Crippen LogP contribution is -2.47. The van der Waals surface area contributed by atoms with Gasteiger partial charge in [0, 0.05) is 17.5 Å². The van der Waals surface area contributed by atoms with Gasteiger partial charge in [-0.05, 0) is 18.2 Å². The van der Waals surface area contributed by atoms with Crippen molar-refractivity contribution in [3.05, 3.63) is 59.7 Å². The summed E-state index contributed by atoms with van der Waals surface area (Å²) in [5.41, 5.74) is -0.185. The molecule has 2 aliphatic rings. The molecule has 7 nitrogen and oxygen atoms in total. The number of nitrogens with zero attached hydrogens (tertiary/aromatic N) is 1. The van der Waals surface area contributed by atoms with E-state index in [1.54, 1.807) is 42.5 Å². The molecular formula is C20H18N2O5. The second-order valence-electron chi connectivity index (χ2n) is 6.48. The van der Waals surface area contributed by atoms with E-state index < -0.39 is 17.5 Å². The minimum atomic E-state index is -1.18. The van der Waals surface area contributed by atoms with Gasteiger partial charge in [-0.15, -0.1) is 0 Å². The Hall–Kier alpha value is -3.35. The topological polar surface area (TPSA) is 84.9 Å². The first kappa shape index (κ1) is 17.1. The molecule has 27 heavy (non-hydrogen) atoms. The third-order valence-corrected chi connectivity index (χ3v) is 4.95. The number of Topliss-reactive ketones (excluding diaryl/α,β-unsaturated/α-hetero) is 1.